The lowest BCUT2D eigenvalue weighted by atomic mass is 10.1. The molecule has 0 unspecified atom stereocenters. The van der Waals surface area contributed by atoms with E-state index in [1.54, 1.807) is 24.3 Å². The van der Waals surface area contributed by atoms with Crippen LogP contribution in [0.25, 0.3) is 0 Å². The molecule has 0 radical (unpaired) electrons. The molecule has 2 aromatic rings. The van der Waals surface area contributed by atoms with Gasteiger partial charge in [0.05, 0.1) is 13.4 Å². The lowest BCUT2D eigenvalue weighted by molar-refractivity contribution is 0.0951. The zero-order valence-corrected chi connectivity index (χ0v) is 16.5. The fourth-order valence-electron chi connectivity index (χ4n) is 2.71. The van der Waals surface area contributed by atoms with Gasteiger partial charge in [-0.3, -0.25) is 4.79 Å². The first kappa shape index (κ1) is 20.9. The first-order valence-electron chi connectivity index (χ1n) is 8.81. The SMILES string of the molecule is COc1cccc(C(=O)NCCN(CCCc2ccccc2)S(C)(=O)=O)c1. The Labute approximate surface area is 161 Å². The van der Waals surface area contributed by atoms with Crippen molar-refractivity contribution in [2.75, 3.05) is 33.0 Å². The highest BCUT2D eigenvalue weighted by Gasteiger charge is 2.16. The van der Waals surface area contributed by atoms with E-state index in [9.17, 15) is 13.2 Å². The van der Waals surface area contributed by atoms with E-state index in [2.05, 4.69) is 5.32 Å². The van der Waals surface area contributed by atoms with E-state index in [0.29, 0.717) is 17.9 Å². The number of carbonyl (C=O) groups is 1. The predicted molar refractivity (Wildman–Crippen MR) is 107 cm³/mol. The normalized spacial score (nSPS) is 11.4. The topological polar surface area (TPSA) is 75.7 Å². The molecule has 0 aliphatic carbocycles. The molecule has 1 amide bonds. The number of nitrogens with zero attached hydrogens (tertiary/aromatic N) is 1. The summed E-state index contributed by atoms with van der Waals surface area (Å²) < 4.78 is 30.5. The zero-order valence-electron chi connectivity index (χ0n) is 15.7. The number of nitrogens with one attached hydrogen (secondary N) is 1. The number of hydrogen-bond donors (Lipinski definition) is 1. The number of benzene rings is 2. The Morgan fingerprint density at radius 2 is 1.81 bits per heavy atom. The molecule has 0 aliphatic heterocycles. The van der Waals surface area contributed by atoms with Crippen LogP contribution in [0.15, 0.2) is 54.6 Å². The number of rotatable bonds is 10. The Kier molecular flexibility index (Phi) is 7.82. The second kappa shape index (κ2) is 10.1. The predicted octanol–water partition coefficient (Wildman–Crippen LogP) is 2.32. The number of sulfonamides is 1. The number of ether oxygens (including phenoxy) is 1. The molecular formula is C20H26N2O4S. The van der Waals surface area contributed by atoms with Gasteiger partial charge in [0, 0.05) is 25.2 Å². The molecule has 0 saturated heterocycles. The van der Waals surface area contributed by atoms with Gasteiger partial charge in [0.25, 0.3) is 5.91 Å². The molecule has 2 aromatic carbocycles. The van der Waals surface area contributed by atoms with Gasteiger partial charge in [0.2, 0.25) is 10.0 Å². The van der Waals surface area contributed by atoms with Crippen molar-refractivity contribution < 1.29 is 17.9 Å². The van der Waals surface area contributed by atoms with E-state index in [1.807, 2.05) is 30.3 Å². The van der Waals surface area contributed by atoms with Crippen LogP contribution in [0.1, 0.15) is 22.3 Å². The molecule has 1 N–H and O–H groups in total. The lowest BCUT2D eigenvalue weighted by Gasteiger charge is -2.20. The minimum Gasteiger partial charge on any atom is -0.497 e. The van der Waals surface area contributed by atoms with Crippen molar-refractivity contribution in [3.05, 3.63) is 65.7 Å². The number of hydrogen-bond acceptors (Lipinski definition) is 4. The number of carbonyl (C=O) groups excluding carboxylic acids is 1. The van der Waals surface area contributed by atoms with Crippen molar-refractivity contribution >= 4 is 15.9 Å². The average molecular weight is 391 g/mol. The van der Waals surface area contributed by atoms with Crippen LogP contribution in [-0.4, -0.2) is 51.6 Å². The molecule has 0 atom stereocenters. The molecule has 0 fully saturated rings. The molecule has 0 bridgehead atoms. The van der Waals surface area contributed by atoms with Gasteiger partial charge in [-0.1, -0.05) is 36.4 Å². The van der Waals surface area contributed by atoms with E-state index in [4.69, 9.17) is 4.74 Å². The van der Waals surface area contributed by atoms with Crippen LogP contribution in [0, 0.1) is 0 Å². The van der Waals surface area contributed by atoms with Crippen LogP contribution >= 0.6 is 0 Å². The van der Waals surface area contributed by atoms with Gasteiger partial charge >= 0.3 is 0 Å². The van der Waals surface area contributed by atoms with Crippen LogP contribution < -0.4 is 10.1 Å². The van der Waals surface area contributed by atoms with Crippen molar-refractivity contribution in [2.24, 2.45) is 0 Å². The number of methoxy groups -OCH3 is 1. The third kappa shape index (κ3) is 7.03. The van der Waals surface area contributed by atoms with Crippen LogP contribution in [0.3, 0.4) is 0 Å². The second-order valence-corrected chi connectivity index (χ2v) is 8.22. The van der Waals surface area contributed by atoms with Crippen LogP contribution in [0.4, 0.5) is 0 Å². The van der Waals surface area contributed by atoms with Gasteiger partial charge in [-0.25, -0.2) is 12.7 Å². The van der Waals surface area contributed by atoms with Crippen molar-refractivity contribution in [3.63, 3.8) is 0 Å². The van der Waals surface area contributed by atoms with Gasteiger partial charge in [-0.15, -0.1) is 0 Å². The number of amides is 1. The summed E-state index contributed by atoms with van der Waals surface area (Å²) in [4.78, 5) is 12.2. The number of aryl methyl sites for hydroxylation is 1. The smallest absolute Gasteiger partial charge is 0.251 e. The molecule has 146 valence electrons. The van der Waals surface area contributed by atoms with E-state index in [0.717, 1.165) is 12.8 Å². The Hall–Kier alpha value is -2.38. The van der Waals surface area contributed by atoms with Crippen molar-refractivity contribution in [2.45, 2.75) is 12.8 Å². The minimum atomic E-state index is -3.33. The average Bonchev–Trinajstić information content (AvgIpc) is 2.66. The van der Waals surface area contributed by atoms with E-state index < -0.39 is 10.0 Å². The summed E-state index contributed by atoms with van der Waals surface area (Å²) >= 11 is 0. The third-order valence-corrected chi connectivity index (χ3v) is 5.47. The van der Waals surface area contributed by atoms with E-state index in [1.165, 1.54) is 23.2 Å². The molecular weight excluding hydrogens is 364 g/mol. The first-order chi connectivity index (χ1) is 12.9. The van der Waals surface area contributed by atoms with Crippen molar-refractivity contribution in [3.8, 4) is 5.75 Å². The Morgan fingerprint density at radius 1 is 1.07 bits per heavy atom. The Balaban J connectivity index is 1.84. The van der Waals surface area contributed by atoms with Crippen LogP contribution in [0.2, 0.25) is 0 Å². The summed E-state index contributed by atoms with van der Waals surface area (Å²) in [6.07, 6.45) is 2.73. The van der Waals surface area contributed by atoms with Gasteiger partial charge < -0.3 is 10.1 Å². The molecule has 0 heterocycles. The maximum atomic E-state index is 12.2. The summed E-state index contributed by atoms with van der Waals surface area (Å²) in [5.41, 5.74) is 1.65. The molecule has 0 aromatic heterocycles. The minimum absolute atomic E-state index is 0.239. The lowest BCUT2D eigenvalue weighted by Crippen LogP contribution is -2.38. The maximum Gasteiger partial charge on any atom is 0.251 e. The molecule has 0 aliphatic rings. The largest absolute Gasteiger partial charge is 0.497 e. The quantitative estimate of drug-likeness (QED) is 0.676. The molecule has 6 nitrogen and oxygen atoms in total. The van der Waals surface area contributed by atoms with Crippen molar-refractivity contribution in [1.82, 2.24) is 9.62 Å². The summed E-state index contributed by atoms with van der Waals surface area (Å²) in [6.45, 7) is 0.903. The van der Waals surface area contributed by atoms with Gasteiger partial charge in [0.1, 0.15) is 5.75 Å². The Morgan fingerprint density at radius 3 is 2.48 bits per heavy atom. The van der Waals surface area contributed by atoms with Crippen molar-refractivity contribution in [1.29, 1.82) is 0 Å². The molecule has 0 saturated carbocycles. The van der Waals surface area contributed by atoms with Crippen LogP contribution in [-0.2, 0) is 16.4 Å². The summed E-state index contributed by atoms with van der Waals surface area (Å²) in [7, 11) is -1.79. The summed E-state index contributed by atoms with van der Waals surface area (Å²) in [5, 5.41) is 2.76. The standard InChI is InChI=1S/C20H26N2O4S/c1-26-19-12-6-11-18(16-19)20(23)21-13-15-22(27(2,24)25)14-7-10-17-8-4-3-5-9-17/h3-6,8-9,11-12,16H,7,10,13-15H2,1-2H3,(H,21,23). The van der Waals surface area contributed by atoms with E-state index in [-0.39, 0.29) is 19.0 Å². The first-order valence-corrected chi connectivity index (χ1v) is 10.7. The molecule has 7 heteroatoms. The highest BCUT2D eigenvalue weighted by atomic mass is 32.2. The Bertz CT molecular complexity index is 838. The maximum absolute atomic E-state index is 12.2. The molecule has 27 heavy (non-hydrogen) atoms. The van der Waals surface area contributed by atoms with Gasteiger partial charge in [0.15, 0.2) is 0 Å². The fraction of sp³-hybridized carbons (Fsp3) is 0.350. The summed E-state index contributed by atoms with van der Waals surface area (Å²) in [6, 6.07) is 16.8. The molecule has 0 spiro atoms. The molecule has 2 rings (SSSR count). The van der Waals surface area contributed by atoms with E-state index >= 15 is 0 Å². The third-order valence-electron chi connectivity index (χ3n) is 4.16. The van der Waals surface area contributed by atoms with Gasteiger partial charge in [-0.2, -0.15) is 0 Å². The van der Waals surface area contributed by atoms with Gasteiger partial charge in [-0.05, 0) is 36.6 Å². The highest BCUT2D eigenvalue weighted by Crippen LogP contribution is 2.12. The second-order valence-electron chi connectivity index (χ2n) is 6.24. The monoisotopic (exact) mass is 390 g/mol. The zero-order chi connectivity index (χ0) is 19.7. The summed E-state index contributed by atoms with van der Waals surface area (Å²) in [5.74, 6) is 0.341. The van der Waals surface area contributed by atoms with Crippen LogP contribution in [0.5, 0.6) is 5.75 Å². The fourth-order valence-corrected chi connectivity index (χ4v) is 3.59. The highest BCUT2D eigenvalue weighted by molar-refractivity contribution is 7.88.